The highest BCUT2D eigenvalue weighted by atomic mass is 35.5. The van der Waals surface area contributed by atoms with Gasteiger partial charge in [-0.15, -0.1) is 0 Å². The summed E-state index contributed by atoms with van der Waals surface area (Å²) >= 11 is 0. The summed E-state index contributed by atoms with van der Waals surface area (Å²) in [4.78, 5) is 4.45. The molecule has 1 fully saturated rings. The number of ether oxygens (including phenoxy) is 3. The van der Waals surface area contributed by atoms with Crippen LogP contribution in [0.3, 0.4) is 0 Å². The van der Waals surface area contributed by atoms with Crippen LogP contribution in [0.15, 0.2) is 18.2 Å². The summed E-state index contributed by atoms with van der Waals surface area (Å²) in [5, 5.41) is 19.1. The van der Waals surface area contributed by atoms with Gasteiger partial charge in [0.15, 0.2) is 11.5 Å². The van der Waals surface area contributed by atoms with Gasteiger partial charge >= 0.3 is 1.43 Å². The van der Waals surface area contributed by atoms with Gasteiger partial charge in [0.1, 0.15) is 18.5 Å². The molecule has 0 bridgehead atoms. The Morgan fingerprint density at radius 1 is 1.12 bits per heavy atom. The van der Waals surface area contributed by atoms with Gasteiger partial charge in [-0.1, -0.05) is 0 Å². The molecular weight excluding hydrogens is 336 g/mol. The van der Waals surface area contributed by atoms with Crippen molar-refractivity contribution in [1.29, 1.82) is 0 Å². The van der Waals surface area contributed by atoms with Crippen molar-refractivity contribution in [3.05, 3.63) is 18.2 Å². The Balaban J connectivity index is 0.00000156. The van der Waals surface area contributed by atoms with Crippen LogP contribution in [0.4, 0.5) is 0 Å². The van der Waals surface area contributed by atoms with Crippen molar-refractivity contribution >= 4 is 0 Å². The fourth-order valence-electron chi connectivity index (χ4n) is 2.85. The van der Waals surface area contributed by atoms with E-state index in [0.717, 1.165) is 38.5 Å². The number of fused-ring (bicyclic) bond motifs is 1. The lowest BCUT2D eigenvalue weighted by Crippen LogP contribution is -3.00. The van der Waals surface area contributed by atoms with Crippen molar-refractivity contribution in [3.8, 4) is 17.2 Å². The summed E-state index contributed by atoms with van der Waals surface area (Å²) in [6, 6.07) is 5.40. The van der Waals surface area contributed by atoms with Crippen LogP contribution in [0.5, 0.6) is 17.2 Å². The number of hydrogen-bond acceptors (Lipinski definition) is 7. The van der Waals surface area contributed by atoms with Crippen molar-refractivity contribution in [2.75, 3.05) is 59.3 Å². The van der Waals surface area contributed by atoms with Gasteiger partial charge in [-0.2, -0.15) is 0 Å². The number of aliphatic hydroxyl groups excluding tert-OH is 2. The predicted octanol–water partition coefficient (Wildman–Crippen LogP) is -3.12. The number of benzene rings is 1. The van der Waals surface area contributed by atoms with E-state index < -0.39 is 6.10 Å². The van der Waals surface area contributed by atoms with Crippen molar-refractivity contribution < 1.29 is 38.3 Å². The lowest BCUT2D eigenvalue weighted by atomic mass is 10.2. The van der Waals surface area contributed by atoms with Crippen molar-refractivity contribution in [3.63, 3.8) is 0 Å². The molecule has 0 aromatic heterocycles. The number of halogens is 1. The topological polar surface area (TPSA) is 74.6 Å². The van der Waals surface area contributed by atoms with E-state index in [-0.39, 0.29) is 33.8 Å². The first kappa shape index (κ1) is 19.1. The minimum atomic E-state index is -0.537. The summed E-state index contributed by atoms with van der Waals surface area (Å²) in [5.74, 6) is 2.07. The SMILES string of the molecule is OCCN1CCN(CC(O)COc2ccc3c(c2)OCO3)CC1.[Cl-].[H+]. The molecule has 1 unspecified atom stereocenters. The van der Waals surface area contributed by atoms with Crippen LogP contribution in [-0.2, 0) is 0 Å². The molecule has 2 aliphatic rings. The summed E-state index contributed by atoms with van der Waals surface area (Å²) in [6.07, 6.45) is -0.537. The first-order valence-corrected chi connectivity index (χ1v) is 8.00. The molecule has 0 amide bonds. The first-order valence-electron chi connectivity index (χ1n) is 8.00. The van der Waals surface area contributed by atoms with Gasteiger partial charge in [-0.25, -0.2) is 0 Å². The largest absolute Gasteiger partial charge is 1.00 e. The Hall–Kier alpha value is -1.25. The summed E-state index contributed by atoms with van der Waals surface area (Å²) < 4.78 is 16.2. The predicted molar refractivity (Wildman–Crippen MR) is 85.1 cm³/mol. The van der Waals surface area contributed by atoms with Crippen molar-refractivity contribution in [2.24, 2.45) is 0 Å². The Bertz CT molecular complexity index is 517. The van der Waals surface area contributed by atoms with Crippen LogP contribution in [0.25, 0.3) is 0 Å². The lowest BCUT2D eigenvalue weighted by Gasteiger charge is -2.35. The van der Waals surface area contributed by atoms with E-state index >= 15 is 0 Å². The lowest BCUT2D eigenvalue weighted by molar-refractivity contribution is -0.00000955. The molecule has 8 heteroatoms. The van der Waals surface area contributed by atoms with Crippen molar-refractivity contribution in [1.82, 2.24) is 9.80 Å². The van der Waals surface area contributed by atoms with Gasteiger partial charge in [0.25, 0.3) is 0 Å². The maximum absolute atomic E-state index is 10.1. The zero-order chi connectivity index (χ0) is 16.1. The number of nitrogens with zero attached hydrogens (tertiary/aromatic N) is 2. The molecule has 1 aromatic carbocycles. The monoisotopic (exact) mass is 360 g/mol. The molecule has 2 N–H and O–H groups in total. The minimum absolute atomic E-state index is 0. The third kappa shape index (κ3) is 5.12. The standard InChI is InChI=1S/C16H24N2O5.ClH/c19-8-7-17-3-5-18(6-4-17)10-13(20)11-21-14-1-2-15-16(9-14)23-12-22-15;/h1-2,9,13,19-20H,3-8,10-12H2;1H. The molecule has 2 aliphatic heterocycles. The van der Waals surface area contributed by atoms with Gasteiger partial charge in [-0.05, 0) is 12.1 Å². The van der Waals surface area contributed by atoms with E-state index in [1.165, 1.54) is 0 Å². The average Bonchev–Trinajstić information content (AvgIpc) is 3.03. The second-order valence-electron chi connectivity index (χ2n) is 5.85. The Kier molecular flexibility index (Phi) is 7.39. The quantitative estimate of drug-likeness (QED) is 0.533. The Morgan fingerprint density at radius 3 is 2.58 bits per heavy atom. The van der Waals surface area contributed by atoms with Gasteiger partial charge in [0, 0.05) is 45.3 Å². The molecule has 0 radical (unpaired) electrons. The molecule has 0 spiro atoms. The average molecular weight is 361 g/mol. The fourth-order valence-corrected chi connectivity index (χ4v) is 2.85. The zero-order valence-electron chi connectivity index (χ0n) is 14.6. The highest BCUT2D eigenvalue weighted by Crippen LogP contribution is 2.35. The van der Waals surface area contributed by atoms with Crippen LogP contribution < -0.4 is 26.6 Å². The van der Waals surface area contributed by atoms with E-state index in [4.69, 9.17) is 19.3 Å². The molecule has 3 rings (SSSR count). The molecule has 1 aromatic rings. The molecule has 1 atom stereocenters. The van der Waals surface area contributed by atoms with Gasteiger partial charge in [0.05, 0.1) is 6.61 Å². The van der Waals surface area contributed by atoms with E-state index in [2.05, 4.69) is 9.80 Å². The van der Waals surface area contributed by atoms with Gasteiger partial charge in [0.2, 0.25) is 6.79 Å². The van der Waals surface area contributed by atoms with Crippen LogP contribution in [-0.4, -0.2) is 85.4 Å². The second kappa shape index (κ2) is 9.29. The maximum atomic E-state index is 10.1. The van der Waals surface area contributed by atoms with Crippen LogP contribution >= 0.6 is 0 Å². The number of hydrogen-bond donors (Lipinski definition) is 2. The highest BCUT2D eigenvalue weighted by molar-refractivity contribution is 5.46. The first-order chi connectivity index (χ1) is 11.2. The summed E-state index contributed by atoms with van der Waals surface area (Å²) in [6.45, 7) is 5.67. The van der Waals surface area contributed by atoms with Crippen LogP contribution in [0, 0.1) is 0 Å². The summed E-state index contributed by atoms with van der Waals surface area (Å²) in [5.41, 5.74) is 0. The minimum Gasteiger partial charge on any atom is -1.00 e. The number of β-amino-alcohol motifs (C(OH)–C–C–N with tert-alkyl or cyclic N) is 2. The van der Waals surface area contributed by atoms with Crippen molar-refractivity contribution in [2.45, 2.75) is 6.10 Å². The van der Waals surface area contributed by atoms with E-state index in [9.17, 15) is 5.11 Å². The zero-order valence-corrected chi connectivity index (χ0v) is 14.3. The third-order valence-electron chi connectivity index (χ3n) is 4.14. The molecule has 24 heavy (non-hydrogen) atoms. The van der Waals surface area contributed by atoms with E-state index in [0.29, 0.717) is 18.0 Å². The number of aliphatic hydroxyl groups is 2. The molecule has 0 saturated carbocycles. The summed E-state index contributed by atoms with van der Waals surface area (Å²) in [7, 11) is 0. The number of piperazine rings is 1. The van der Waals surface area contributed by atoms with Gasteiger partial charge in [-0.3, -0.25) is 9.80 Å². The van der Waals surface area contributed by atoms with E-state index in [1.54, 1.807) is 6.07 Å². The smallest absolute Gasteiger partial charge is 1.00 e. The fraction of sp³-hybridized carbons (Fsp3) is 0.625. The van der Waals surface area contributed by atoms with Gasteiger partial charge < -0.3 is 36.8 Å². The maximum Gasteiger partial charge on any atom is 1.00 e. The normalized spacial score (nSPS) is 18.9. The molecule has 0 aliphatic carbocycles. The number of rotatable bonds is 7. The van der Waals surface area contributed by atoms with Crippen LogP contribution in [0.2, 0.25) is 0 Å². The highest BCUT2D eigenvalue weighted by Gasteiger charge is 2.19. The molecule has 2 heterocycles. The van der Waals surface area contributed by atoms with Crippen LogP contribution in [0.1, 0.15) is 1.43 Å². The Labute approximate surface area is 149 Å². The Morgan fingerprint density at radius 2 is 1.83 bits per heavy atom. The molecule has 1 saturated heterocycles. The molecular formula is C16H25ClN2O5. The second-order valence-corrected chi connectivity index (χ2v) is 5.85. The molecule has 136 valence electrons. The van der Waals surface area contributed by atoms with E-state index in [1.807, 2.05) is 12.1 Å². The molecule has 7 nitrogen and oxygen atoms in total. The third-order valence-corrected chi connectivity index (χ3v) is 4.14.